The minimum atomic E-state index is -3.70. The van der Waals surface area contributed by atoms with Gasteiger partial charge in [0.1, 0.15) is 0 Å². The van der Waals surface area contributed by atoms with Gasteiger partial charge in [-0.05, 0) is 30.3 Å². The molecule has 2 N–H and O–H groups in total. The van der Waals surface area contributed by atoms with E-state index in [0.717, 1.165) is 4.31 Å². The maximum atomic E-state index is 12.4. The number of hydrogen-bond acceptors (Lipinski definition) is 5. The molecule has 0 spiro atoms. The van der Waals surface area contributed by atoms with Crippen LogP contribution < -0.4 is 10.9 Å². The first-order valence-electron chi connectivity index (χ1n) is 9.53. The van der Waals surface area contributed by atoms with Crippen molar-refractivity contribution >= 4 is 27.6 Å². The zero-order valence-corrected chi connectivity index (χ0v) is 18.2. The fourth-order valence-electron chi connectivity index (χ4n) is 2.80. The van der Waals surface area contributed by atoms with Crippen LogP contribution in [0.15, 0.2) is 83.8 Å². The number of sulfonamides is 1. The third-order valence-corrected chi connectivity index (χ3v) is 6.42. The number of amides is 2. The number of carbonyl (C=O) groups is 3. The highest BCUT2D eigenvalue weighted by Crippen LogP contribution is 2.15. The van der Waals surface area contributed by atoms with Gasteiger partial charge in [-0.25, -0.2) is 12.7 Å². The zero-order chi connectivity index (χ0) is 23.3. The summed E-state index contributed by atoms with van der Waals surface area (Å²) in [6.45, 7) is 0. The molecule has 0 saturated heterocycles. The smallest absolute Gasteiger partial charge is 0.269 e. The van der Waals surface area contributed by atoms with Crippen LogP contribution in [0.5, 0.6) is 0 Å². The van der Waals surface area contributed by atoms with Gasteiger partial charge < -0.3 is 0 Å². The Morgan fingerprint density at radius 1 is 0.656 bits per heavy atom. The lowest BCUT2D eigenvalue weighted by molar-refractivity contribution is 0.0846. The van der Waals surface area contributed by atoms with Gasteiger partial charge in [-0.15, -0.1) is 0 Å². The summed E-state index contributed by atoms with van der Waals surface area (Å²) in [6.07, 6.45) is 0. The summed E-state index contributed by atoms with van der Waals surface area (Å²) in [5.41, 5.74) is 5.80. The molecule has 0 bridgehead atoms. The molecule has 0 aliphatic carbocycles. The van der Waals surface area contributed by atoms with Crippen LogP contribution in [-0.2, 0) is 10.0 Å². The predicted octanol–water partition coefficient (Wildman–Crippen LogP) is 2.24. The number of rotatable bonds is 6. The molecule has 0 aromatic heterocycles. The average Bonchev–Trinajstić information content (AvgIpc) is 2.82. The Balaban J connectivity index is 1.65. The van der Waals surface area contributed by atoms with Crippen LogP contribution in [0.25, 0.3) is 0 Å². The van der Waals surface area contributed by atoms with Crippen LogP contribution in [0.3, 0.4) is 0 Å². The van der Waals surface area contributed by atoms with E-state index in [4.69, 9.17) is 0 Å². The minimum absolute atomic E-state index is 0.0415. The van der Waals surface area contributed by atoms with E-state index in [1.807, 2.05) is 6.07 Å². The summed E-state index contributed by atoms with van der Waals surface area (Å²) in [4.78, 5) is 37.1. The summed E-state index contributed by atoms with van der Waals surface area (Å²) in [6, 6.07) is 20.2. The largest absolute Gasteiger partial charge is 0.289 e. The number of benzene rings is 3. The molecule has 164 valence electrons. The van der Waals surface area contributed by atoms with Crippen LogP contribution in [0.2, 0.25) is 0 Å². The van der Waals surface area contributed by atoms with Gasteiger partial charge in [0.05, 0.1) is 4.90 Å². The Kier molecular flexibility index (Phi) is 6.82. The molecule has 0 radical (unpaired) electrons. The van der Waals surface area contributed by atoms with Crippen molar-refractivity contribution in [3.63, 3.8) is 0 Å². The molecule has 32 heavy (non-hydrogen) atoms. The second-order valence-electron chi connectivity index (χ2n) is 7.00. The Hall–Kier alpha value is -3.82. The monoisotopic (exact) mass is 451 g/mol. The molecule has 3 aromatic rings. The SMILES string of the molecule is CN(C)S(=O)(=O)c1cccc(C(=O)NNC(=O)c2ccc(C(=O)c3ccccc3)cc2)c1. The van der Waals surface area contributed by atoms with Crippen molar-refractivity contribution in [2.24, 2.45) is 0 Å². The van der Waals surface area contributed by atoms with E-state index in [0.29, 0.717) is 11.1 Å². The molecule has 0 heterocycles. The average molecular weight is 452 g/mol. The van der Waals surface area contributed by atoms with Crippen molar-refractivity contribution in [3.8, 4) is 0 Å². The van der Waals surface area contributed by atoms with Gasteiger partial charge in [0.15, 0.2) is 5.78 Å². The maximum Gasteiger partial charge on any atom is 0.269 e. The summed E-state index contributed by atoms with van der Waals surface area (Å²) in [7, 11) is -0.920. The van der Waals surface area contributed by atoms with Gasteiger partial charge in [0, 0.05) is 36.3 Å². The molecular formula is C23H21N3O5S. The Labute approximate surface area is 185 Å². The predicted molar refractivity (Wildman–Crippen MR) is 119 cm³/mol. The number of nitrogens with zero attached hydrogens (tertiary/aromatic N) is 1. The van der Waals surface area contributed by atoms with Crippen molar-refractivity contribution in [1.82, 2.24) is 15.2 Å². The summed E-state index contributed by atoms with van der Waals surface area (Å²) < 4.78 is 25.5. The van der Waals surface area contributed by atoms with Crippen LogP contribution in [0, 0.1) is 0 Å². The van der Waals surface area contributed by atoms with Crippen LogP contribution >= 0.6 is 0 Å². The van der Waals surface area contributed by atoms with E-state index >= 15 is 0 Å². The maximum absolute atomic E-state index is 12.4. The molecule has 2 amide bonds. The highest BCUT2D eigenvalue weighted by atomic mass is 32.2. The molecule has 0 atom stereocenters. The quantitative estimate of drug-likeness (QED) is 0.441. The Bertz CT molecular complexity index is 1250. The molecule has 8 nitrogen and oxygen atoms in total. The lowest BCUT2D eigenvalue weighted by Gasteiger charge is -2.12. The first-order valence-corrected chi connectivity index (χ1v) is 11.0. The van der Waals surface area contributed by atoms with E-state index in [9.17, 15) is 22.8 Å². The first-order chi connectivity index (χ1) is 15.2. The molecule has 3 rings (SSSR count). The fraction of sp³-hybridized carbons (Fsp3) is 0.0870. The van der Waals surface area contributed by atoms with Crippen molar-refractivity contribution in [2.75, 3.05) is 14.1 Å². The number of ketones is 1. The minimum Gasteiger partial charge on any atom is -0.289 e. The zero-order valence-electron chi connectivity index (χ0n) is 17.4. The van der Waals surface area contributed by atoms with Gasteiger partial charge in [0.25, 0.3) is 11.8 Å². The molecule has 0 aliphatic rings. The second-order valence-corrected chi connectivity index (χ2v) is 9.15. The van der Waals surface area contributed by atoms with Crippen LogP contribution in [-0.4, -0.2) is 44.4 Å². The number of hydrogen-bond donors (Lipinski definition) is 2. The van der Waals surface area contributed by atoms with E-state index < -0.39 is 21.8 Å². The lowest BCUT2D eigenvalue weighted by atomic mass is 10.0. The molecule has 3 aromatic carbocycles. The van der Waals surface area contributed by atoms with Crippen molar-refractivity contribution in [3.05, 3.63) is 101 Å². The highest BCUT2D eigenvalue weighted by Gasteiger charge is 2.19. The highest BCUT2D eigenvalue weighted by molar-refractivity contribution is 7.89. The topological polar surface area (TPSA) is 113 Å². The molecular weight excluding hydrogens is 430 g/mol. The first kappa shape index (κ1) is 22.9. The van der Waals surface area contributed by atoms with Crippen molar-refractivity contribution in [2.45, 2.75) is 4.90 Å². The van der Waals surface area contributed by atoms with Crippen molar-refractivity contribution in [1.29, 1.82) is 0 Å². The van der Waals surface area contributed by atoms with E-state index in [2.05, 4.69) is 10.9 Å². The second kappa shape index (κ2) is 9.54. The van der Waals surface area contributed by atoms with Gasteiger partial charge in [-0.3, -0.25) is 25.2 Å². The van der Waals surface area contributed by atoms with Gasteiger partial charge in [0.2, 0.25) is 10.0 Å². The lowest BCUT2D eigenvalue weighted by Crippen LogP contribution is -2.41. The third-order valence-electron chi connectivity index (χ3n) is 4.61. The molecule has 9 heteroatoms. The molecule has 0 saturated carbocycles. The van der Waals surface area contributed by atoms with Crippen molar-refractivity contribution < 1.29 is 22.8 Å². The fourth-order valence-corrected chi connectivity index (χ4v) is 3.74. The van der Waals surface area contributed by atoms with E-state index in [1.165, 1.54) is 62.6 Å². The molecule has 0 aliphatic heterocycles. The van der Waals surface area contributed by atoms with Crippen LogP contribution in [0.4, 0.5) is 0 Å². The van der Waals surface area contributed by atoms with Gasteiger partial charge in [-0.2, -0.15) is 0 Å². The molecule has 0 unspecified atom stereocenters. The Morgan fingerprint density at radius 3 is 1.75 bits per heavy atom. The van der Waals surface area contributed by atoms with Gasteiger partial charge in [-0.1, -0.05) is 48.5 Å². The van der Waals surface area contributed by atoms with E-state index in [-0.39, 0.29) is 21.8 Å². The van der Waals surface area contributed by atoms with Crippen LogP contribution in [0.1, 0.15) is 36.6 Å². The standard InChI is InChI=1S/C23H21N3O5S/c1-26(2)32(30,31)20-10-6-9-19(15-20)23(29)25-24-22(28)18-13-11-17(12-14-18)21(27)16-7-4-3-5-8-16/h3-15H,1-2H3,(H,24,28)(H,25,29). The Morgan fingerprint density at radius 2 is 1.16 bits per heavy atom. The van der Waals surface area contributed by atoms with E-state index in [1.54, 1.807) is 24.3 Å². The third kappa shape index (κ3) is 5.08. The normalized spacial score (nSPS) is 11.1. The number of carbonyl (C=O) groups excluding carboxylic acids is 3. The molecule has 0 fully saturated rings. The summed E-state index contributed by atoms with van der Waals surface area (Å²) in [5.74, 6) is -1.43. The summed E-state index contributed by atoms with van der Waals surface area (Å²) >= 11 is 0. The number of nitrogens with one attached hydrogen (secondary N) is 2. The van der Waals surface area contributed by atoms with Gasteiger partial charge >= 0.3 is 0 Å². The summed E-state index contributed by atoms with van der Waals surface area (Å²) in [5, 5.41) is 0. The number of hydrazine groups is 1.